The van der Waals surface area contributed by atoms with Crippen LogP contribution >= 0.6 is 0 Å². The van der Waals surface area contributed by atoms with E-state index in [0.717, 1.165) is 0 Å². The Morgan fingerprint density at radius 2 is 1.79 bits per heavy atom. The zero-order valence-corrected chi connectivity index (χ0v) is 15.3. The van der Waals surface area contributed by atoms with E-state index in [4.69, 9.17) is 5.73 Å². The SMILES string of the molecule is NC(=O)Nc1cccc(C(=O)NC23CC(NC(=O)CC4NC(=O)NC4=O)(C2)C3)c1. The van der Waals surface area contributed by atoms with Crippen LogP contribution in [0.5, 0.6) is 0 Å². The summed E-state index contributed by atoms with van der Waals surface area (Å²) < 4.78 is 0. The van der Waals surface area contributed by atoms with Crippen molar-refractivity contribution >= 4 is 35.5 Å². The monoisotopic (exact) mass is 400 g/mol. The van der Waals surface area contributed by atoms with Crippen LogP contribution < -0.4 is 32.3 Å². The number of anilines is 1. The Morgan fingerprint density at radius 3 is 2.41 bits per heavy atom. The van der Waals surface area contributed by atoms with Crippen LogP contribution in [-0.2, 0) is 9.59 Å². The normalized spacial score (nSPS) is 28.9. The van der Waals surface area contributed by atoms with Gasteiger partial charge in [-0.05, 0) is 37.5 Å². The predicted molar refractivity (Wildman–Crippen MR) is 99.6 cm³/mol. The molecule has 4 aliphatic rings. The van der Waals surface area contributed by atoms with Crippen molar-refractivity contribution in [2.24, 2.45) is 5.73 Å². The number of rotatable bonds is 6. The van der Waals surface area contributed by atoms with Crippen LogP contribution in [0.15, 0.2) is 24.3 Å². The maximum Gasteiger partial charge on any atom is 0.322 e. The van der Waals surface area contributed by atoms with E-state index in [1.807, 2.05) is 0 Å². The molecule has 1 aromatic carbocycles. The molecule has 1 atom stereocenters. The number of primary amides is 1. The summed E-state index contributed by atoms with van der Waals surface area (Å²) >= 11 is 0. The number of nitrogens with one attached hydrogen (secondary N) is 5. The van der Waals surface area contributed by atoms with E-state index in [1.54, 1.807) is 18.2 Å². The van der Waals surface area contributed by atoms with E-state index >= 15 is 0 Å². The summed E-state index contributed by atoms with van der Waals surface area (Å²) in [6, 6.07) is 4.26. The molecule has 1 aromatic rings. The number of urea groups is 2. The first kappa shape index (κ1) is 18.7. The van der Waals surface area contributed by atoms with E-state index in [-0.39, 0.29) is 29.3 Å². The van der Waals surface area contributed by atoms with E-state index < -0.39 is 24.0 Å². The van der Waals surface area contributed by atoms with Gasteiger partial charge in [0, 0.05) is 22.3 Å². The minimum Gasteiger partial charge on any atom is -0.351 e. The molecule has 2 bridgehead atoms. The van der Waals surface area contributed by atoms with Crippen LogP contribution in [0.1, 0.15) is 36.0 Å². The van der Waals surface area contributed by atoms with Gasteiger partial charge in [-0.3, -0.25) is 19.7 Å². The molecule has 1 saturated heterocycles. The molecular formula is C18H20N6O5. The number of carbonyl (C=O) groups excluding carboxylic acids is 5. The van der Waals surface area contributed by atoms with Gasteiger partial charge in [0.1, 0.15) is 6.04 Å². The Hall–Kier alpha value is -3.63. The molecule has 11 nitrogen and oxygen atoms in total. The first-order valence-corrected chi connectivity index (χ1v) is 9.09. The van der Waals surface area contributed by atoms with Crippen molar-refractivity contribution in [2.75, 3.05) is 5.32 Å². The highest BCUT2D eigenvalue weighted by Crippen LogP contribution is 2.60. The first-order valence-electron chi connectivity index (χ1n) is 9.09. The summed E-state index contributed by atoms with van der Waals surface area (Å²) in [5.74, 6) is -1.11. The fourth-order valence-electron chi connectivity index (χ4n) is 4.38. The summed E-state index contributed by atoms with van der Waals surface area (Å²) in [7, 11) is 0. The van der Waals surface area contributed by atoms with Gasteiger partial charge >= 0.3 is 12.1 Å². The molecule has 0 aromatic heterocycles. The number of nitrogens with two attached hydrogens (primary N) is 1. The number of imide groups is 1. The van der Waals surface area contributed by atoms with Crippen molar-refractivity contribution < 1.29 is 24.0 Å². The van der Waals surface area contributed by atoms with Crippen LogP contribution in [0.2, 0.25) is 0 Å². The summed E-state index contributed by atoms with van der Waals surface area (Å²) in [6.45, 7) is 0. The lowest BCUT2D eigenvalue weighted by Crippen LogP contribution is -2.83. The van der Waals surface area contributed by atoms with Crippen molar-refractivity contribution in [2.45, 2.75) is 42.8 Å². The number of amides is 7. The van der Waals surface area contributed by atoms with Gasteiger partial charge in [-0.15, -0.1) is 0 Å². The van der Waals surface area contributed by atoms with Gasteiger partial charge in [0.25, 0.3) is 11.8 Å². The summed E-state index contributed by atoms with van der Waals surface area (Å²) in [5, 5.41) is 12.8. The smallest absolute Gasteiger partial charge is 0.322 e. The van der Waals surface area contributed by atoms with Crippen LogP contribution in [-0.4, -0.2) is 46.9 Å². The lowest BCUT2D eigenvalue weighted by atomic mass is 9.44. The average molecular weight is 400 g/mol. The van der Waals surface area contributed by atoms with Gasteiger partial charge in [-0.25, -0.2) is 9.59 Å². The van der Waals surface area contributed by atoms with E-state index in [0.29, 0.717) is 30.5 Å². The third-order valence-corrected chi connectivity index (χ3v) is 5.45. The van der Waals surface area contributed by atoms with E-state index in [9.17, 15) is 24.0 Å². The van der Waals surface area contributed by atoms with Crippen LogP contribution in [0.25, 0.3) is 0 Å². The second kappa shape index (κ2) is 6.47. The van der Waals surface area contributed by atoms with Crippen LogP contribution in [0.4, 0.5) is 15.3 Å². The van der Waals surface area contributed by atoms with Gasteiger partial charge in [0.15, 0.2) is 0 Å². The van der Waals surface area contributed by atoms with Crippen molar-refractivity contribution in [1.82, 2.24) is 21.3 Å². The molecule has 0 spiro atoms. The fourth-order valence-corrected chi connectivity index (χ4v) is 4.38. The molecule has 4 fully saturated rings. The average Bonchev–Trinajstić information content (AvgIpc) is 2.88. The molecular weight excluding hydrogens is 380 g/mol. The quantitative estimate of drug-likeness (QED) is 0.346. The van der Waals surface area contributed by atoms with Gasteiger partial charge in [0.2, 0.25) is 5.91 Å². The fraction of sp³-hybridized carbons (Fsp3) is 0.389. The van der Waals surface area contributed by atoms with Crippen molar-refractivity contribution in [3.8, 4) is 0 Å². The van der Waals surface area contributed by atoms with Crippen LogP contribution in [0.3, 0.4) is 0 Å². The second-order valence-electron chi connectivity index (χ2n) is 7.88. The largest absolute Gasteiger partial charge is 0.351 e. The zero-order valence-electron chi connectivity index (χ0n) is 15.3. The van der Waals surface area contributed by atoms with E-state index in [1.165, 1.54) is 6.07 Å². The molecule has 1 aliphatic heterocycles. The summed E-state index contributed by atoms with van der Waals surface area (Å²) in [4.78, 5) is 58.3. The molecule has 11 heteroatoms. The Kier molecular flexibility index (Phi) is 4.17. The van der Waals surface area contributed by atoms with Crippen molar-refractivity contribution in [3.05, 3.63) is 29.8 Å². The highest BCUT2D eigenvalue weighted by molar-refractivity contribution is 6.05. The van der Waals surface area contributed by atoms with Gasteiger partial charge < -0.3 is 27.0 Å². The molecule has 0 radical (unpaired) electrons. The predicted octanol–water partition coefficient (Wildman–Crippen LogP) is -0.704. The highest BCUT2D eigenvalue weighted by atomic mass is 16.2. The Morgan fingerprint density at radius 1 is 1.10 bits per heavy atom. The van der Waals surface area contributed by atoms with Gasteiger partial charge in [-0.2, -0.15) is 0 Å². The number of hydrogen-bond acceptors (Lipinski definition) is 5. The third kappa shape index (κ3) is 3.58. The standard InChI is InChI=1S/C18H20N6O5/c19-15(28)20-10-3-1-2-9(4-10)13(26)24-18-6-17(7-18,8-18)23-12(25)5-11-14(27)22-16(29)21-11/h1-4,11H,5-8H2,(H,23,25)(H,24,26)(H3,19,20,28)(H2,21,22,27,29). The second-order valence-corrected chi connectivity index (χ2v) is 7.88. The molecule has 7 amide bonds. The van der Waals surface area contributed by atoms with Crippen LogP contribution in [0, 0.1) is 0 Å². The molecule has 3 aliphatic carbocycles. The number of carbonyl (C=O) groups is 5. The third-order valence-electron chi connectivity index (χ3n) is 5.45. The minimum atomic E-state index is -0.857. The molecule has 29 heavy (non-hydrogen) atoms. The minimum absolute atomic E-state index is 0.127. The number of benzene rings is 1. The van der Waals surface area contributed by atoms with Crippen molar-refractivity contribution in [1.29, 1.82) is 0 Å². The van der Waals surface area contributed by atoms with Gasteiger partial charge in [0.05, 0.1) is 6.42 Å². The van der Waals surface area contributed by atoms with Crippen molar-refractivity contribution in [3.63, 3.8) is 0 Å². The molecule has 7 N–H and O–H groups in total. The lowest BCUT2D eigenvalue weighted by molar-refractivity contribution is -0.141. The lowest BCUT2D eigenvalue weighted by Gasteiger charge is -2.70. The molecule has 1 heterocycles. The summed E-state index contributed by atoms with van der Waals surface area (Å²) in [5.41, 5.74) is 5.16. The maximum atomic E-state index is 12.5. The Bertz CT molecular complexity index is 925. The molecule has 152 valence electrons. The zero-order chi connectivity index (χ0) is 20.8. The Balaban J connectivity index is 1.27. The highest BCUT2D eigenvalue weighted by Gasteiger charge is 2.69. The maximum absolute atomic E-state index is 12.5. The summed E-state index contributed by atoms with van der Waals surface area (Å²) in [6.07, 6.45) is 1.66. The topological polar surface area (TPSA) is 172 Å². The van der Waals surface area contributed by atoms with E-state index in [2.05, 4.69) is 26.6 Å². The first-order chi connectivity index (χ1) is 13.7. The molecule has 1 unspecified atom stereocenters. The van der Waals surface area contributed by atoms with Gasteiger partial charge in [-0.1, -0.05) is 6.07 Å². The molecule has 3 saturated carbocycles. The Labute approximate surface area is 165 Å². The molecule has 5 rings (SSSR count). The number of hydrogen-bond donors (Lipinski definition) is 6.